The van der Waals surface area contributed by atoms with E-state index in [2.05, 4.69) is 65.1 Å². The number of piperidine rings is 1. The van der Waals surface area contributed by atoms with E-state index in [0.717, 1.165) is 46.7 Å². The van der Waals surface area contributed by atoms with Crippen LogP contribution in [0.15, 0.2) is 54.9 Å². The first-order chi connectivity index (χ1) is 13.2. The molecule has 0 spiro atoms. The van der Waals surface area contributed by atoms with Gasteiger partial charge in [-0.1, -0.05) is 18.2 Å². The van der Waals surface area contributed by atoms with Crippen molar-refractivity contribution in [1.29, 1.82) is 0 Å². The maximum Gasteiger partial charge on any atom is 0.119 e. The van der Waals surface area contributed by atoms with Crippen LogP contribution in [0, 0.1) is 17.8 Å². The Morgan fingerprint density at radius 2 is 1.59 bits per heavy atom. The highest BCUT2D eigenvalue weighted by Gasteiger charge is 2.56. The first kappa shape index (κ1) is 16.7. The van der Waals surface area contributed by atoms with Crippen molar-refractivity contribution in [3.8, 4) is 16.9 Å². The normalized spacial score (nSPS) is 24.3. The molecule has 4 heteroatoms. The van der Waals surface area contributed by atoms with Gasteiger partial charge in [0.1, 0.15) is 5.75 Å². The summed E-state index contributed by atoms with van der Waals surface area (Å²) in [4.78, 5) is 11.3. The topological polar surface area (TPSA) is 38.2 Å². The summed E-state index contributed by atoms with van der Waals surface area (Å²) in [5, 5.41) is 0. The maximum absolute atomic E-state index is 6.08. The van der Waals surface area contributed by atoms with Gasteiger partial charge in [0.2, 0.25) is 0 Å². The highest BCUT2D eigenvalue weighted by Crippen LogP contribution is 2.52. The van der Waals surface area contributed by atoms with Crippen molar-refractivity contribution in [1.82, 2.24) is 14.9 Å². The summed E-state index contributed by atoms with van der Waals surface area (Å²) in [6.45, 7) is 7.94. The van der Waals surface area contributed by atoms with Crippen LogP contribution in [0.5, 0.6) is 5.75 Å². The Hall–Kier alpha value is -2.46. The van der Waals surface area contributed by atoms with E-state index in [4.69, 9.17) is 4.74 Å². The Morgan fingerprint density at radius 3 is 2.30 bits per heavy atom. The fourth-order valence-corrected chi connectivity index (χ4v) is 4.43. The number of fused-ring (bicyclic) bond motifs is 2. The molecule has 2 unspecified atom stereocenters. The summed E-state index contributed by atoms with van der Waals surface area (Å²) in [7, 11) is 0. The summed E-state index contributed by atoms with van der Waals surface area (Å²) >= 11 is 0. The molecule has 4 nitrogen and oxygen atoms in total. The lowest BCUT2D eigenvalue weighted by Crippen LogP contribution is -2.31. The molecule has 2 heterocycles. The van der Waals surface area contributed by atoms with E-state index in [1.54, 1.807) is 12.4 Å². The largest absolute Gasteiger partial charge is 0.493 e. The average Bonchev–Trinajstić information content (AvgIpc) is 3.14. The lowest BCUT2D eigenvalue weighted by Gasteiger charge is -2.23. The van der Waals surface area contributed by atoms with Crippen LogP contribution in [0.2, 0.25) is 0 Å². The smallest absolute Gasteiger partial charge is 0.119 e. The van der Waals surface area contributed by atoms with E-state index >= 15 is 0 Å². The number of hydrogen-bond donors (Lipinski definition) is 0. The third kappa shape index (κ3) is 3.19. The molecule has 5 rings (SSSR count). The first-order valence-electron chi connectivity index (χ1n) is 9.87. The van der Waals surface area contributed by atoms with Gasteiger partial charge in [0.15, 0.2) is 0 Å². The standard InChI is InChI=1S/C23H25N3O/c1-15(2)26-12-19-20(13-26)21(19)14-27-18-6-3-16(4-7-18)17-5-8-22-23(11-17)25-10-9-24-22/h3-11,15,19-21H,12-14H2,1-2H3. The van der Waals surface area contributed by atoms with Gasteiger partial charge in [-0.25, -0.2) is 0 Å². The van der Waals surface area contributed by atoms with Gasteiger partial charge in [0.05, 0.1) is 17.6 Å². The highest BCUT2D eigenvalue weighted by molar-refractivity contribution is 5.81. The van der Waals surface area contributed by atoms with E-state index in [9.17, 15) is 0 Å². The number of nitrogens with zero attached hydrogens (tertiary/aromatic N) is 3. The zero-order valence-corrected chi connectivity index (χ0v) is 15.9. The molecule has 0 amide bonds. The average molecular weight is 359 g/mol. The number of rotatable bonds is 5. The Balaban J connectivity index is 1.21. The van der Waals surface area contributed by atoms with Crippen LogP contribution in [-0.2, 0) is 0 Å². The molecule has 27 heavy (non-hydrogen) atoms. The van der Waals surface area contributed by atoms with Gasteiger partial charge >= 0.3 is 0 Å². The number of hydrogen-bond acceptors (Lipinski definition) is 4. The van der Waals surface area contributed by atoms with Crippen LogP contribution in [0.1, 0.15) is 13.8 Å². The minimum absolute atomic E-state index is 0.674. The van der Waals surface area contributed by atoms with Crippen molar-refractivity contribution in [2.75, 3.05) is 19.7 Å². The zero-order chi connectivity index (χ0) is 18.4. The fourth-order valence-electron chi connectivity index (χ4n) is 4.43. The quantitative estimate of drug-likeness (QED) is 0.682. The van der Waals surface area contributed by atoms with Crippen LogP contribution in [-0.4, -0.2) is 40.6 Å². The SMILES string of the molecule is CC(C)N1CC2C(COc3ccc(-c4ccc5nccnc5c4)cc3)C2C1. The van der Waals surface area contributed by atoms with Crippen molar-refractivity contribution < 1.29 is 4.74 Å². The molecule has 0 N–H and O–H groups in total. The second kappa shape index (κ2) is 6.61. The molecule has 3 aromatic rings. The molecule has 1 aromatic heterocycles. The molecule has 1 saturated carbocycles. The van der Waals surface area contributed by atoms with Crippen molar-refractivity contribution in [2.45, 2.75) is 19.9 Å². The van der Waals surface area contributed by atoms with E-state index in [1.165, 1.54) is 18.7 Å². The predicted octanol–water partition coefficient (Wildman–Crippen LogP) is 4.26. The monoisotopic (exact) mass is 359 g/mol. The maximum atomic E-state index is 6.08. The van der Waals surface area contributed by atoms with Gasteiger partial charge in [0.25, 0.3) is 0 Å². The van der Waals surface area contributed by atoms with Crippen molar-refractivity contribution in [2.24, 2.45) is 17.8 Å². The molecular formula is C23H25N3O. The molecule has 2 aliphatic rings. The molecule has 0 bridgehead atoms. The van der Waals surface area contributed by atoms with Crippen LogP contribution in [0.3, 0.4) is 0 Å². The van der Waals surface area contributed by atoms with Gasteiger partial charge < -0.3 is 9.64 Å². The van der Waals surface area contributed by atoms with E-state index in [-0.39, 0.29) is 0 Å². The Bertz CT molecular complexity index is 941. The fraction of sp³-hybridized carbons (Fsp3) is 0.391. The van der Waals surface area contributed by atoms with Gasteiger partial charge in [-0.2, -0.15) is 0 Å². The van der Waals surface area contributed by atoms with Gasteiger partial charge in [-0.15, -0.1) is 0 Å². The molecule has 138 valence electrons. The van der Waals surface area contributed by atoms with Crippen LogP contribution < -0.4 is 4.74 Å². The molecule has 1 aliphatic heterocycles. The molecule has 2 fully saturated rings. The number of likely N-dealkylation sites (tertiary alicyclic amines) is 1. The lowest BCUT2D eigenvalue weighted by atomic mass is 10.0. The summed E-state index contributed by atoms with van der Waals surface area (Å²) in [5.41, 5.74) is 4.17. The minimum Gasteiger partial charge on any atom is -0.493 e. The molecule has 1 aliphatic carbocycles. The second-order valence-corrected chi connectivity index (χ2v) is 8.13. The summed E-state index contributed by atoms with van der Waals surface area (Å²) in [6, 6.07) is 15.3. The lowest BCUT2D eigenvalue weighted by molar-refractivity contribution is 0.206. The van der Waals surface area contributed by atoms with Crippen LogP contribution in [0.25, 0.3) is 22.2 Å². The van der Waals surface area contributed by atoms with Crippen molar-refractivity contribution >= 4 is 11.0 Å². The molecule has 1 saturated heterocycles. The number of aromatic nitrogens is 2. The molecule has 2 atom stereocenters. The summed E-state index contributed by atoms with van der Waals surface area (Å²) < 4.78 is 6.08. The zero-order valence-electron chi connectivity index (χ0n) is 15.9. The van der Waals surface area contributed by atoms with E-state index < -0.39 is 0 Å². The minimum atomic E-state index is 0.674. The number of ether oxygens (including phenoxy) is 1. The number of benzene rings is 2. The third-order valence-corrected chi connectivity index (χ3v) is 6.23. The van der Waals surface area contributed by atoms with Gasteiger partial charge in [0, 0.05) is 37.4 Å². The Labute approximate surface area is 160 Å². The van der Waals surface area contributed by atoms with Crippen LogP contribution in [0.4, 0.5) is 0 Å². The highest BCUT2D eigenvalue weighted by atomic mass is 16.5. The Morgan fingerprint density at radius 1 is 0.926 bits per heavy atom. The van der Waals surface area contributed by atoms with Gasteiger partial charge in [-0.05, 0) is 61.1 Å². The van der Waals surface area contributed by atoms with Crippen molar-refractivity contribution in [3.63, 3.8) is 0 Å². The van der Waals surface area contributed by atoms with E-state index in [0.29, 0.717) is 6.04 Å². The third-order valence-electron chi connectivity index (χ3n) is 6.23. The molecular weight excluding hydrogens is 334 g/mol. The molecule has 2 aromatic carbocycles. The van der Waals surface area contributed by atoms with E-state index in [1.807, 2.05) is 6.07 Å². The summed E-state index contributed by atoms with van der Waals surface area (Å²) in [5.74, 6) is 3.42. The second-order valence-electron chi connectivity index (χ2n) is 8.13. The predicted molar refractivity (Wildman–Crippen MR) is 108 cm³/mol. The van der Waals surface area contributed by atoms with Crippen LogP contribution >= 0.6 is 0 Å². The Kier molecular flexibility index (Phi) is 4.09. The van der Waals surface area contributed by atoms with Crippen molar-refractivity contribution in [3.05, 3.63) is 54.9 Å². The molecule has 0 radical (unpaired) electrons. The van der Waals surface area contributed by atoms with Gasteiger partial charge in [-0.3, -0.25) is 9.97 Å². The summed E-state index contributed by atoms with van der Waals surface area (Å²) in [6.07, 6.45) is 3.46. The first-order valence-corrected chi connectivity index (χ1v) is 9.87.